The van der Waals surface area contributed by atoms with Crippen LogP contribution in [0.2, 0.25) is 0 Å². The molecule has 0 bridgehead atoms. The van der Waals surface area contributed by atoms with Crippen LogP contribution >= 0.6 is 0 Å². The lowest BCUT2D eigenvalue weighted by atomic mass is 10.2. The number of amides is 2. The summed E-state index contributed by atoms with van der Waals surface area (Å²) in [5.74, 6) is -0.200. The Bertz CT molecular complexity index is 510. The van der Waals surface area contributed by atoms with E-state index in [1.807, 2.05) is 14.1 Å². The predicted molar refractivity (Wildman–Crippen MR) is 84.9 cm³/mol. The van der Waals surface area contributed by atoms with Crippen LogP contribution in [0.25, 0.3) is 0 Å². The van der Waals surface area contributed by atoms with Crippen molar-refractivity contribution in [2.24, 2.45) is 0 Å². The molecule has 1 fully saturated rings. The van der Waals surface area contributed by atoms with E-state index in [2.05, 4.69) is 16.0 Å². The highest BCUT2D eigenvalue weighted by molar-refractivity contribution is 5.96. The molecular formula is C15H22N4O3. The first-order valence-corrected chi connectivity index (χ1v) is 7.21. The lowest BCUT2D eigenvalue weighted by Gasteiger charge is -2.22. The van der Waals surface area contributed by atoms with Crippen molar-refractivity contribution >= 4 is 23.2 Å². The molecule has 1 aliphatic rings. The average molecular weight is 306 g/mol. The zero-order valence-electron chi connectivity index (χ0n) is 12.9. The Kier molecular flexibility index (Phi) is 5.88. The van der Waals surface area contributed by atoms with E-state index in [-0.39, 0.29) is 17.9 Å². The molecule has 3 N–H and O–H groups in total. The Morgan fingerprint density at radius 1 is 1.23 bits per heavy atom. The molecule has 1 aromatic rings. The van der Waals surface area contributed by atoms with Crippen molar-refractivity contribution in [2.45, 2.75) is 6.04 Å². The Balaban J connectivity index is 1.86. The molecule has 1 atom stereocenters. The number of morpholine rings is 1. The maximum absolute atomic E-state index is 12.0. The van der Waals surface area contributed by atoms with Crippen LogP contribution in [0.15, 0.2) is 24.3 Å². The fraction of sp³-hybridized carbons (Fsp3) is 0.467. The minimum atomic E-state index is -0.326. The Labute approximate surface area is 130 Å². The summed E-state index contributed by atoms with van der Waals surface area (Å²) in [7, 11) is 3.67. The molecular weight excluding hydrogens is 284 g/mol. The van der Waals surface area contributed by atoms with Crippen molar-refractivity contribution in [2.75, 3.05) is 51.0 Å². The second kappa shape index (κ2) is 7.88. The quantitative estimate of drug-likeness (QED) is 0.719. The largest absolute Gasteiger partial charge is 0.378 e. The van der Waals surface area contributed by atoms with Crippen molar-refractivity contribution in [3.63, 3.8) is 0 Å². The van der Waals surface area contributed by atoms with Gasteiger partial charge in [0.2, 0.25) is 11.8 Å². The molecule has 1 heterocycles. The zero-order valence-corrected chi connectivity index (χ0v) is 12.9. The van der Waals surface area contributed by atoms with Crippen LogP contribution in [-0.4, -0.2) is 63.2 Å². The van der Waals surface area contributed by atoms with Crippen LogP contribution < -0.4 is 16.0 Å². The van der Waals surface area contributed by atoms with Gasteiger partial charge in [-0.05, 0) is 38.4 Å². The first-order valence-electron chi connectivity index (χ1n) is 7.21. The van der Waals surface area contributed by atoms with E-state index in [0.717, 1.165) is 0 Å². The molecule has 0 aromatic heterocycles. The third-order valence-corrected chi connectivity index (χ3v) is 3.13. The fourth-order valence-electron chi connectivity index (χ4n) is 2.09. The minimum Gasteiger partial charge on any atom is -0.378 e. The van der Waals surface area contributed by atoms with Gasteiger partial charge in [-0.3, -0.25) is 9.59 Å². The summed E-state index contributed by atoms with van der Waals surface area (Å²) in [6, 6.07) is 6.70. The van der Waals surface area contributed by atoms with Crippen molar-refractivity contribution < 1.29 is 14.3 Å². The average Bonchev–Trinajstić information content (AvgIpc) is 2.49. The van der Waals surface area contributed by atoms with Crippen molar-refractivity contribution in [1.82, 2.24) is 10.2 Å². The lowest BCUT2D eigenvalue weighted by molar-refractivity contribution is -0.121. The van der Waals surface area contributed by atoms with E-state index in [1.165, 1.54) is 0 Å². The molecule has 22 heavy (non-hydrogen) atoms. The highest BCUT2D eigenvalue weighted by Crippen LogP contribution is 2.14. The Hall–Kier alpha value is -1.96. The third kappa shape index (κ3) is 5.10. The monoisotopic (exact) mass is 306 g/mol. The van der Waals surface area contributed by atoms with Gasteiger partial charge in [0.05, 0.1) is 19.8 Å². The third-order valence-electron chi connectivity index (χ3n) is 3.13. The van der Waals surface area contributed by atoms with E-state index >= 15 is 0 Å². The lowest BCUT2D eigenvalue weighted by Crippen LogP contribution is -2.48. The van der Waals surface area contributed by atoms with Crippen LogP contribution in [0.4, 0.5) is 11.4 Å². The number of anilines is 2. The van der Waals surface area contributed by atoms with Crippen LogP contribution in [0.5, 0.6) is 0 Å². The summed E-state index contributed by atoms with van der Waals surface area (Å²) in [4.78, 5) is 25.5. The summed E-state index contributed by atoms with van der Waals surface area (Å²) in [5.41, 5.74) is 1.38. The number of hydrogen-bond acceptors (Lipinski definition) is 5. The van der Waals surface area contributed by atoms with Crippen molar-refractivity contribution in [1.29, 1.82) is 0 Å². The number of rotatable bonds is 5. The number of nitrogens with zero attached hydrogens (tertiary/aromatic N) is 1. The topological polar surface area (TPSA) is 82.7 Å². The first-order chi connectivity index (χ1) is 10.5. The molecule has 1 unspecified atom stereocenters. The Morgan fingerprint density at radius 3 is 2.41 bits per heavy atom. The van der Waals surface area contributed by atoms with Crippen LogP contribution in [-0.2, 0) is 14.3 Å². The van der Waals surface area contributed by atoms with Gasteiger partial charge in [-0.15, -0.1) is 0 Å². The number of carbonyl (C=O) groups excluding carboxylic acids is 2. The number of hydrogen-bond donors (Lipinski definition) is 3. The number of likely N-dealkylation sites (N-methyl/N-ethyl adjacent to an activating group) is 1. The van der Waals surface area contributed by atoms with E-state index in [9.17, 15) is 9.59 Å². The van der Waals surface area contributed by atoms with Gasteiger partial charge in [0.15, 0.2) is 0 Å². The number of benzene rings is 1. The van der Waals surface area contributed by atoms with Gasteiger partial charge in [0.1, 0.15) is 6.04 Å². The zero-order chi connectivity index (χ0) is 15.9. The van der Waals surface area contributed by atoms with Crippen LogP contribution in [0, 0.1) is 0 Å². The van der Waals surface area contributed by atoms with Crippen LogP contribution in [0.1, 0.15) is 0 Å². The van der Waals surface area contributed by atoms with Gasteiger partial charge in [-0.25, -0.2) is 0 Å². The van der Waals surface area contributed by atoms with Crippen molar-refractivity contribution in [3.05, 3.63) is 24.3 Å². The summed E-state index contributed by atoms with van der Waals surface area (Å²) in [6.45, 7) is 2.01. The van der Waals surface area contributed by atoms with E-state index < -0.39 is 0 Å². The molecule has 1 aliphatic heterocycles. The van der Waals surface area contributed by atoms with Gasteiger partial charge in [0, 0.05) is 17.9 Å². The molecule has 0 radical (unpaired) electrons. The number of nitrogens with one attached hydrogen (secondary N) is 3. The summed E-state index contributed by atoms with van der Waals surface area (Å²) in [5, 5.41) is 8.71. The van der Waals surface area contributed by atoms with Gasteiger partial charge in [0.25, 0.3) is 0 Å². The normalized spacial score (nSPS) is 18.0. The SMILES string of the molecule is CN(C)CC(=O)Nc1ccc(NC(=O)C2COCCN2)cc1. The van der Waals surface area contributed by atoms with Gasteiger partial charge in [-0.2, -0.15) is 0 Å². The molecule has 1 aromatic carbocycles. The molecule has 7 heteroatoms. The number of ether oxygens (including phenoxy) is 1. The second-order valence-electron chi connectivity index (χ2n) is 5.43. The van der Waals surface area contributed by atoms with E-state index in [0.29, 0.717) is 37.7 Å². The highest BCUT2D eigenvalue weighted by Gasteiger charge is 2.20. The number of carbonyl (C=O) groups is 2. The minimum absolute atomic E-state index is 0.0784. The smallest absolute Gasteiger partial charge is 0.243 e. The van der Waals surface area contributed by atoms with Gasteiger partial charge >= 0.3 is 0 Å². The Morgan fingerprint density at radius 2 is 1.86 bits per heavy atom. The van der Waals surface area contributed by atoms with Crippen LogP contribution in [0.3, 0.4) is 0 Å². The van der Waals surface area contributed by atoms with E-state index in [4.69, 9.17) is 4.74 Å². The molecule has 2 amide bonds. The summed E-state index contributed by atoms with van der Waals surface area (Å²) < 4.78 is 5.26. The molecule has 0 aliphatic carbocycles. The molecule has 7 nitrogen and oxygen atoms in total. The molecule has 1 saturated heterocycles. The fourth-order valence-corrected chi connectivity index (χ4v) is 2.09. The van der Waals surface area contributed by atoms with E-state index in [1.54, 1.807) is 29.2 Å². The van der Waals surface area contributed by atoms with Crippen molar-refractivity contribution in [3.8, 4) is 0 Å². The summed E-state index contributed by atoms with van der Waals surface area (Å²) in [6.07, 6.45) is 0. The molecule has 0 spiro atoms. The highest BCUT2D eigenvalue weighted by atomic mass is 16.5. The molecule has 2 rings (SSSR count). The standard InChI is InChI=1S/C15H22N4O3/c1-19(2)9-14(20)17-11-3-5-12(6-4-11)18-15(21)13-10-22-8-7-16-13/h3-6,13,16H,7-10H2,1-2H3,(H,17,20)(H,18,21). The van der Waals surface area contributed by atoms with Gasteiger partial charge in [-0.1, -0.05) is 0 Å². The summed E-state index contributed by atoms with van der Waals surface area (Å²) >= 11 is 0. The predicted octanol–water partition coefficient (Wildman–Crippen LogP) is 0.114. The molecule has 0 saturated carbocycles. The van der Waals surface area contributed by atoms with Gasteiger partial charge < -0.3 is 25.6 Å². The maximum Gasteiger partial charge on any atom is 0.243 e. The first kappa shape index (κ1) is 16.4. The maximum atomic E-state index is 12.0. The second-order valence-corrected chi connectivity index (χ2v) is 5.43. The molecule has 120 valence electrons.